The van der Waals surface area contributed by atoms with Gasteiger partial charge in [-0.1, -0.05) is 41.9 Å². The second-order valence-corrected chi connectivity index (χ2v) is 6.45. The lowest BCUT2D eigenvalue weighted by Crippen LogP contribution is -2.14. The predicted molar refractivity (Wildman–Crippen MR) is 80.4 cm³/mol. The zero-order valence-electron chi connectivity index (χ0n) is 11.4. The molecule has 106 valence electrons. The van der Waals surface area contributed by atoms with E-state index in [1.54, 1.807) is 0 Å². The van der Waals surface area contributed by atoms with Gasteiger partial charge in [0.15, 0.2) is 5.82 Å². The first-order valence-corrected chi connectivity index (χ1v) is 8.12. The quantitative estimate of drug-likeness (QED) is 0.935. The van der Waals surface area contributed by atoms with E-state index in [9.17, 15) is 0 Å². The summed E-state index contributed by atoms with van der Waals surface area (Å²) >= 11 is 1.92. The average Bonchev–Trinajstić information content (AvgIpc) is 2.99. The first kappa shape index (κ1) is 13.6. The van der Waals surface area contributed by atoms with Gasteiger partial charge in [-0.2, -0.15) is 16.7 Å². The molecule has 2 atom stereocenters. The Balaban J connectivity index is 1.66. The molecule has 1 aromatic carbocycles. The fourth-order valence-electron chi connectivity index (χ4n) is 2.43. The summed E-state index contributed by atoms with van der Waals surface area (Å²) in [7, 11) is 0. The van der Waals surface area contributed by atoms with Gasteiger partial charge in [-0.25, -0.2) is 0 Å². The minimum absolute atomic E-state index is 0.229. The van der Waals surface area contributed by atoms with Crippen molar-refractivity contribution in [2.24, 2.45) is 5.73 Å². The molecular weight excluding hydrogens is 270 g/mol. The van der Waals surface area contributed by atoms with Gasteiger partial charge >= 0.3 is 0 Å². The van der Waals surface area contributed by atoms with Gasteiger partial charge in [0.05, 0.1) is 11.3 Å². The Kier molecular flexibility index (Phi) is 4.38. The molecule has 5 heteroatoms. The van der Waals surface area contributed by atoms with Crippen molar-refractivity contribution in [2.45, 2.75) is 37.0 Å². The summed E-state index contributed by atoms with van der Waals surface area (Å²) < 4.78 is 5.35. The molecule has 0 aliphatic carbocycles. The standard InChI is InChI=1S/C15H19N3OS/c16-12(10-11-6-2-1-3-7-11)15-17-14(18-19-15)13-8-4-5-9-20-13/h1-3,6-7,12-13H,4-5,8-10,16H2/t12-,13?/m0/s1. The van der Waals surface area contributed by atoms with Crippen molar-refractivity contribution in [1.82, 2.24) is 10.1 Å². The molecule has 1 aliphatic rings. The Labute approximate surface area is 123 Å². The van der Waals surface area contributed by atoms with E-state index in [4.69, 9.17) is 10.3 Å². The molecule has 3 rings (SSSR count). The van der Waals surface area contributed by atoms with Crippen LogP contribution in [0.15, 0.2) is 34.9 Å². The van der Waals surface area contributed by atoms with Crippen LogP contribution in [0.2, 0.25) is 0 Å². The number of hydrogen-bond donors (Lipinski definition) is 1. The zero-order chi connectivity index (χ0) is 13.8. The molecule has 1 aliphatic heterocycles. The molecule has 1 aromatic heterocycles. The minimum Gasteiger partial charge on any atom is -0.338 e. The van der Waals surface area contributed by atoms with E-state index in [0.29, 0.717) is 11.1 Å². The summed E-state index contributed by atoms with van der Waals surface area (Å²) in [6.07, 6.45) is 4.40. The summed E-state index contributed by atoms with van der Waals surface area (Å²) in [6.45, 7) is 0. The molecule has 0 saturated carbocycles. The highest BCUT2D eigenvalue weighted by Gasteiger charge is 2.23. The summed E-state index contributed by atoms with van der Waals surface area (Å²) in [5, 5.41) is 4.50. The summed E-state index contributed by atoms with van der Waals surface area (Å²) in [5.74, 6) is 2.55. The van der Waals surface area contributed by atoms with E-state index in [-0.39, 0.29) is 6.04 Å². The molecule has 2 heterocycles. The molecule has 4 nitrogen and oxygen atoms in total. The molecular formula is C15H19N3OS. The van der Waals surface area contributed by atoms with Crippen LogP contribution < -0.4 is 5.73 Å². The average molecular weight is 289 g/mol. The number of benzene rings is 1. The van der Waals surface area contributed by atoms with E-state index >= 15 is 0 Å². The molecule has 2 aromatic rings. The van der Waals surface area contributed by atoms with Crippen molar-refractivity contribution in [3.63, 3.8) is 0 Å². The van der Waals surface area contributed by atoms with Crippen LogP contribution in [0.5, 0.6) is 0 Å². The topological polar surface area (TPSA) is 64.9 Å². The molecule has 2 N–H and O–H groups in total. The third kappa shape index (κ3) is 3.22. The number of rotatable bonds is 4. The zero-order valence-corrected chi connectivity index (χ0v) is 12.2. The monoisotopic (exact) mass is 289 g/mol. The highest BCUT2D eigenvalue weighted by molar-refractivity contribution is 7.99. The van der Waals surface area contributed by atoms with Gasteiger partial charge in [0.1, 0.15) is 0 Å². The largest absolute Gasteiger partial charge is 0.338 e. The number of thioether (sulfide) groups is 1. The SMILES string of the molecule is N[C@@H](Cc1ccccc1)c1nc(C2CCCCS2)no1. The van der Waals surface area contributed by atoms with Crippen LogP contribution in [0, 0.1) is 0 Å². The van der Waals surface area contributed by atoms with Crippen LogP contribution in [-0.2, 0) is 6.42 Å². The maximum Gasteiger partial charge on any atom is 0.243 e. The number of hydrogen-bond acceptors (Lipinski definition) is 5. The van der Waals surface area contributed by atoms with E-state index in [2.05, 4.69) is 22.3 Å². The maximum atomic E-state index is 6.17. The predicted octanol–water partition coefficient (Wildman–Crippen LogP) is 3.27. The van der Waals surface area contributed by atoms with E-state index in [0.717, 1.165) is 18.7 Å². The highest BCUT2D eigenvalue weighted by Crippen LogP contribution is 2.36. The minimum atomic E-state index is -0.229. The van der Waals surface area contributed by atoms with Gasteiger partial charge in [-0.15, -0.1) is 0 Å². The summed E-state index contributed by atoms with van der Waals surface area (Å²) in [4.78, 5) is 4.51. The van der Waals surface area contributed by atoms with Crippen molar-refractivity contribution in [2.75, 3.05) is 5.75 Å². The normalized spacial score (nSPS) is 20.8. The van der Waals surface area contributed by atoms with Gasteiger partial charge in [0.2, 0.25) is 5.89 Å². The molecule has 0 spiro atoms. The molecule has 0 amide bonds. The molecule has 20 heavy (non-hydrogen) atoms. The fraction of sp³-hybridized carbons (Fsp3) is 0.467. The van der Waals surface area contributed by atoms with Crippen LogP contribution in [0.25, 0.3) is 0 Å². The smallest absolute Gasteiger partial charge is 0.243 e. The van der Waals surface area contributed by atoms with Crippen LogP contribution >= 0.6 is 11.8 Å². The first-order valence-electron chi connectivity index (χ1n) is 7.07. The van der Waals surface area contributed by atoms with E-state index in [1.165, 1.54) is 24.2 Å². The van der Waals surface area contributed by atoms with Crippen molar-refractivity contribution in [1.29, 1.82) is 0 Å². The Morgan fingerprint density at radius 3 is 2.90 bits per heavy atom. The second-order valence-electron chi connectivity index (χ2n) is 5.14. The molecule has 1 unspecified atom stereocenters. The summed E-state index contributed by atoms with van der Waals surface area (Å²) in [6, 6.07) is 9.93. The van der Waals surface area contributed by atoms with Gasteiger partial charge in [0.25, 0.3) is 0 Å². The van der Waals surface area contributed by atoms with Crippen molar-refractivity contribution >= 4 is 11.8 Å². The maximum absolute atomic E-state index is 6.17. The van der Waals surface area contributed by atoms with E-state index in [1.807, 2.05) is 30.0 Å². The lowest BCUT2D eigenvalue weighted by molar-refractivity contribution is 0.349. The first-order chi connectivity index (χ1) is 9.83. The van der Waals surface area contributed by atoms with Gasteiger partial charge in [-0.05, 0) is 30.6 Å². The van der Waals surface area contributed by atoms with Crippen LogP contribution in [0.3, 0.4) is 0 Å². The van der Waals surface area contributed by atoms with Crippen LogP contribution in [-0.4, -0.2) is 15.9 Å². The molecule has 0 radical (unpaired) electrons. The van der Waals surface area contributed by atoms with Crippen molar-refractivity contribution < 1.29 is 4.52 Å². The fourth-order valence-corrected chi connectivity index (χ4v) is 3.66. The van der Waals surface area contributed by atoms with Crippen molar-refractivity contribution in [3.05, 3.63) is 47.6 Å². The highest BCUT2D eigenvalue weighted by atomic mass is 32.2. The summed E-state index contributed by atoms with van der Waals surface area (Å²) in [5.41, 5.74) is 7.35. The number of nitrogens with zero attached hydrogens (tertiary/aromatic N) is 2. The lowest BCUT2D eigenvalue weighted by atomic mass is 10.1. The molecule has 0 bridgehead atoms. The van der Waals surface area contributed by atoms with Gasteiger partial charge < -0.3 is 10.3 Å². The molecule has 1 saturated heterocycles. The lowest BCUT2D eigenvalue weighted by Gasteiger charge is -2.17. The number of nitrogens with two attached hydrogens (primary N) is 1. The van der Waals surface area contributed by atoms with E-state index < -0.39 is 0 Å². The third-order valence-electron chi connectivity index (χ3n) is 3.54. The van der Waals surface area contributed by atoms with Crippen LogP contribution in [0.1, 0.15) is 47.8 Å². The van der Waals surface area contributed by atoms with Gasteiger partial charge in [0, 0.05) is 0 Å². The molecule has 1 fully saturated rings. The number of aromatic nitrogens is 2. The Morgan fingerprint density at radius 1 is 1.30 bits per heavy atom. The van der Waals surface area contributed by atoms with Crippen LogP contribution in [0.4, 0.5) is 0 Å². The van der Waals surface area contributed by atoms with Gasteiger partial charge in [-0.3, -0.25) is 0 Å². The third-order valence-corrected chi connectivity index (χ3v) is 4.91. The Hall–Kier alpha value is -1.33. The second kappa shape index (κ2) is 6.41. The van der Waals surface area contributed by atoms with Crippen molar-refractivity contribution in [3.8, 4) is 0 Å². The Morgan fingerprint density at radius 2 is 2.15 bits per heavy atom. The Bertz CT molecular complexity index is 537.